The highest BCUT2D eigenvalue weighted by atomic mass is 32.2. The fourth-order valence-electron chi connectivity index (χ4n) is 3.21. The number of benzene rings is 2. The average molecular weight is 393 g/mol. The summed E-state index contributed by atoms with van der Waals surface area (Å²) in [7, 11) is 0. The van der Waals surface area contributed by atoms with Crippen LogP contribution < -0.4 is 5.63 Å². The zero-order valence-electron chi connectivity index (χ0n) is 15.8. The van der Waals surface area contributed by atoms with Gasteiger partial charge in [-0.2, -0.15) is 0 Å². The van der Waals surface area contributed by atoms with E-state index in [0.29, 0.717) is 16.9 Å². The zero-order valence-corrected chi connectivity index (χ0v) is 16.6. The highest BCUT2D eigenvalue weighted by Crippen LogP contribution is 2.31. The van der Waals surface area contributed by atoms with Gasteiger partial charge in [0.2, 0.25) is 0 Å². The topological polar surface area (TPSA) is 81.2 Å². The smallest absolute Gasteiger partial charge is 0.336 e. The number of phenolic OH excluding ortho intramolecular Hbond substituents is 1. The molecule has 2 aromatic heterocycles. The molecule has 6 nitrogen and oxygen atoms in total. The maximum Gasteiger partial charge on any atom is 0.336 e. The van der Waals surface area contributed by atoms with Crippen molar-refractivity contribution in [3.8, 4) is 11.4 Å². The first-order valence-electron chi connectivity index (χ1n) is 8.82. The van der Waals surface area contributed by atoms with Crippen molar-refractivity contribution < 1.29 is 9.52 Å². The number of aromatic hydroxyl groups is 1. The molecular formula is C21H19N3O3S. The van der Waals surface area contributed by atoms with E-state index >= 15 is 0 Å². The van der Waals surface area contributed by atoms with Crippen molar-refractivity contribution in [1.82, 2.24) is 14.8 Å². The second-order valence-electron chi connectivity index (χ2n) is 6.62. The van der Waals surface area contributed by atoms with Crippen molar-refractivity contribution in [2.24, 2.45) is 0 Å². The van der Waals surface area contributed by atoms with Crippen LogP contribution in [0.4, 0.5) is 0 Å². The molecule has 0 atom stereocenters. The summed E-state index contributed by atoms with van der Waals surface area (Å²) in [4.78, 5) is 12.0. The van der Waals surface area contributed by atoms with E-state index in [1.54, 1.807) is 19.1 Å². The number of aryl methyl sites for hydroxylation is 3. The van der Waals surface area contributed by atoms with Gasteiger partial charge in [-0.3, -0.25) is 4.57 Å². The van der Waals surface area contributed by atoms with Gasteiger partial charge >= 0.3 is 5.63 Å². The molecule has 142 valence electrons. The van der Waals surface area contributed by atoms with Gasteiger partial charge in [0, 0.05) is 22.8 Å². The van der Waals surface area contributed by atoms with E-state index in [-0.39, 0.29) is 5.75 Å². The lowest BCUT2D eigenvalue weighted by molar-refractivity contribution is 0.468. The molecule has 0 aliphatic rings. The third kappa shape index (κ3) is 3.18. The second kappa shape index (κ2) is 7.16. The van der Waals surface area contributed by atoms with E-state index in [0.717, 1.165) is 33.2 Å². The fourth-order valence-corrected chi connectivity index (χ4v) is 4.19. The Balaban J connectivity index is 1.73. The predicted octanol–water partition coefficient (Wildman–Crippen LogP) is 4.30. The Morgan fingerprint density at radius 1 is 1.11 bits per heavy atom. The standard InChI is InChI=1S/C21H19N3O3S/c1-12-6-4-5-7-17(12)24-14(3)22-23-21(24)28-11-15-10-19(26)27-20-13(2)18(25)9-8-16(15)20/h4-10,25H,11H2,1-3H3. The van der Waals surface area contributed by atoms with Crippen molar-refractivity contribution in [1.29, 1.82) is 0 Å². The maximum absolute atomic E-state index is 12.0. The summed E-state index contributed by atoms with van der Waals surface area (Å²) in [5.74, 6) is 1.43. The number of para-hydroxylation sites is 1. The predicted molar refractivity (Wildman–Crippen MR) is 109 cm³/mol. The van der Waals surface area contributed by atoms with E-state index < -0.39 is 5.63 Å². The summed E-state index contributed by atoms with van der Waals surface area (Å²) in [5.41, 5.74) is 3.53. The van der Waals surface area contributed by atoms with Gasteiger partial charge in [0.05, 0.1) is 5.69 Å². The molecule has 0 aliphatic heterocycles. The third-order valence-electron chi connectivity index (χ3n) is 4.73. The summed E-state index contributed by atoms with van der Waals surface area (Å²) in [6.45, 7) is 5.70. The Labute approximate surface area is 165 Å². The summed E-state index contributed by atoms with van der Waals surface area (Å²) in [6, 6.07) is 13.0. The normalized spacial score (nSPS) is 11.2. The number of nitrogens with zero attached hydrogens (tertiary/aromatic N) is 3. The van der Waals surface area contributed by atoms with Crippen LogP contribution >= 0.6 is 11.8 Å². The molecule has 0 radical (unpaired) electrons. The Kier molecular flexibility index (Phi) is 4.68. The second-order valence-corrected chi connectivity index (χ2v) is 7.56. The molecule has 0 saturated carbocycles. The molecule has 0 aliphatic carbocycles. The quantitative estimate of drug-likeness (QED) is 0.411. The fraction of sp³-hybridized carbons (Fsp3) is 0.190. The van der Waals surface area contributed by atoms with Gasteiger partial charge in [-0.15, -0.1) is 10.2 Å². The van der Waals surface area contributed by atoms with Crippen molar-refractivity contribution in [2.45, 2.75) is 31.7 Å². The zero-order chi connectivity index (χ0) is 19.8. The maximum atomic E-state index is 12.0. The number of hydrogen-bond acceptors (Lipinski definition) is 6. The largest absolute Gasteiger partial charge is 0.508 e. The Morgan fingerprint density at radius 2 is 1.89 bits per heavy atom. The summed E-state index contributed by atoms with van der Waals surface area (Å²) in [6.07, 6.45) is 0. The van der Waals surface area contributed by atoms with Gasteiger partial charge in [-0.05, 0) is 50.1 Å². The van der Waals surface area contributed by atoms with Crippen molar-refractivity contribution in [3.05, 3.63) is 75.4 Å². The van der Waals surface area contributed by atoms with E-state index in [1.807, 2.05) is 42.7 Å². The molecule has 1 N–H and O–H groups in total. The number of thioether (sulfide) groups is 1. The Bertz CT molecular complexity index is 1240. The first-order valence-corrected chi connectivity index (χ1v) is 9.80. The lowest BCUT2D eigenvalue weighted by Gasteiger charge is -2.12. The number of rotatable bonds is 4. The van der Waals surface area contributed by atoms with E-state index in [4.69, 9.17) is 4.42 Å². The third-order valence-corrected chi connectivity index (χ3v) is 5.70. The van der Waals surface area contributed by atoms with Crippen LogP contribution in [0.5, 0.6) is 5.75 Å². The Morgan fingerprint density at radius 3 is 2.68 bits per heavy atom. The van der Waals surface area contributed by atoms with Gasteiger partial charge in [0.1, 0.15) is 17.2 Å². The molecule has 4 rings (SSSR count). The minimum Gasteiger partial charge on any atom is -0.508 e. The van der Waals surface area contributed by atoms with Gasteiger partial charge < -0.3 is 9.52 Å². The molecule has 0 unspecified atom stereocenters. The van der Waals surface area contributed by atoms with Crippen LogP contribution in [0.3, 0.4) is 0 Å². The van der Waals surface area contributed by atoms with Crippen LogP contribution in [0.2, 0.25) is 0 Å². The summed E-state index contributed by atoms with van der Waals surface area (Å²) < 4.78 is 7.34. The molecule has 0 saturated heterocycles. The number of aromatic nitrogens is 3. The molecule has 4 aromatic rings. The van der Waals surface area contributed by atoms with Crippen LogP contribution in [0.25, 0.3) is 16.7 Å². The first-order chi connectivity index (χ1) is 13.5. The van der Waals surface area contributed by atoms with Gasteiger partial charge in [0.15, 0.2) is 5.16 Å². The monoisotopic (exact) mass is 393 g/mol. The molecule has 0 fully saturated rings. The van der Waals surface area contributed by atoms with E-state index in [2.05, 4.69) is 10.2 Å². The number of fused-ring (bicyclic) bond motifs is 1. The van der Waals surface area contributed by atoms with Crippen molar-refractivity contribution in [2.75, 3.05) is 0 Å². The van der Waals surface area contributed by atoms with Crippen molar-refractivity contribution in [3.63, 3.8) is 0 Å². The van der Waals surface area contributed by atoms with Gasteiger partial charge in [-0.1, -0.05) is 30.0 Å². The minimum atomic E-state index is -0.437. The Hall–Kier alpha value is -3.06. The highest BCUT2D eigenvalue weighted by molar-refractivity contribution is 7.98. The van der Waals surface area contributed by atoms with Crippen molar-refractivity contribution >= 4 is 22.7 Å². The molecule has 2 heterocycles. The average Bonchev–Trinajstić information content (AvgIpc) is 3.04. The molecule has 28 heavy (non-hydrogen) atoms. The number of phenols is 1. The molecule has 0 amide bonds. The summed E-state index contributed by atoms with van der Waals surface area (Å²) in [5, 5.41) is 20.0. The van der Waals surface area contributed by atoms with Crippen LogP contribution in [0, 0.1) is 20.8 Å². The lowest BCUT2D eigenvalue weighted by atomic mass is 10.1. The van der Waals surface area contributed by atoms with Crippen LogP contribution in [0.1, 0.15) is 22.5 Å². The molecule has 2 aromatic carbocycles. The van der Waals surface area contributed by atoms with Gasteiger partial charge in [0.25, 0.3) is 0 Å². The van der Waals surface area contributed by atoms with Crippen LogP contribution in [0.15, 0.2) is 56.8 Å². The lowest BCUT2D eigenvalue weighted by Crippen LogP contribution is -2.03. The molecular weight excluding hydrogens is 374 g/mol. The molecule has 7 heteroatoms. The number of hydrogen-bond donors (Lipinski definition) is 1. The molecule has 0 spiro atoms. The van der Waals surface area contributed by atoms with Crippen LogP contribution in [-0.4, -0.2) is 19.9 Å². The van der Waals surface area contributed by atoms with Crippen LogP contribution in [-0.2, 0) is 5.75 Å². The first kappa shape index (κ1) is 18.3. The summed E-state index contributed by atoms with van der Waals surface area (Å²) >= 11 is 1.50. The van der Waals surface area contributed by atoms with E-state index in [9.17, 15) is 9.90 Å². The molecule has 0 bridgehead atoms. The SMILES string of the molecule is Cc1ccccc1-n1c(C)nnc1SCc1cc(=O)oc2c(C)c(O)ccc12. The highest BCUT2D eigenvalue weighted by Gasteiger charge is 2.15. The minimum absolute atomic E-state index is 0.107. The van der Waals surface area contributed by atoms with E-state index in [1.165, 1.54) is 17.8 Å². The van der Waals surface area contributed by atoms with Gasteiger partial charge in [-0.25, -0.2) is 4.79 Å².